The molecular weight excluding hydrogens is 190 g/mol. The van der Waals surface area contributed by atoms with Gasteiger partial charge in [0.05, 0.1) is 0 Å². The van der Waals surface area contributed by atoms with E-state index < -0.39 is 30.2 Å². The second kappa shape index (κ2) is 5.13. The first-order valence-corrected chi connectivity index (χ1v) is 3.77. The molecule has 0 radical (unpaired) electrons. The number of nitrogens with two attached hydrogens (primary N) is 1. The van der Waals surface area contributed by atoms with E-state index in [1.54, 1.807) is 0 Å². The number of carbonyl (C=O) groups excluding carboxylic acids is 1. The summed E-state index contributed by atoms with van der Waals surface area (Å²) in [7, 11) is 0. The van der Waals surface area contributed by atoms with Crippen LogP contribution in [0.25, 0.3) is 0 Å². The third-order valence-electron chi connectivity index (χ3n) is 1.50. The molecule has 78 valence electrons. The third kappa shape index (κ3) is 4.36. The number of aliphatic carboxylic acids is 2. The molecule has 0 aliphatic rings. The minimum absolute atomic E-state index is 0.0193. The number of carboxylic acid groups (broad SMARTS) is 2. The number of ketones is 1. The van der Waals surface area contributed by atoms with Gasteiger partial charge in [-0.25, -0.2) is 4.79 Å². The van der Waals surface area contributed by atoms with Crippen molar-refractivity contribution in [2.45, 2.75) is 19.4 Å². The zero-order valence-electron chi connectivity index (χ0n) is 7.56. The van der Waals surface area contributed by atoms with Crippen LogP contribution in [-0.2, 0) is 14.4 Å². The average Bonchev–Trinajstić information content (AvgIpc) is 2.02. The van der Waals surface area contributed by atoms with Gasteiger partial charge in [-0.3, -0.25) is 9.59 Å². The minimum atomic E-state index is -1.29. The van der Waals surface area contributed by atoms with Gasteiger partial charge < -0.3 is 15.9 Å². The van der Waals surface area contributed by atoms with Gasteiger partial charge in [0.25, 0.3) is 0 Å². The predicted molar refractivity (Wildman–Crippen MR) is 46.6 cm³/mol. The van der Waals surface area contributed by atoms with E-state index in [0.717, 1.165) is 6.08 Å². The van der Waals surface area contributed by atoms with Gasteiger partial charge in [0.15, 0.2) is 5.78 Å². The molecule has 0 aromatic rings. The zero-order chi connectivity index (χ0) is 11.3. The normalized spacial score (nSPS) is 13.4. The van der Waals surface area contributed by atoms with Gasteiger partial charge in [-0.05, 0) is 12.5 Å². The number of carboxylic acids is 2. The summed E-state index contributed by atoms with van der Waals surface area (Å²) in [6.45, 7) is 1.30. The van der Waals surface area contributed by atoms with Gasteiger partial charge in [0, 0.05) is 12.5 Å². The number of hydrogen-bond acceptors (Lipinski definition) is 4. The highest BCUT2D eigenvalue weighted by atomic mass is 16.4. The van der Waals surface area contributed by atoms with Crippen LogP contribution in [-0.4, -0.2) is 34.0 Å². The summed E-state index contributed by atoms with van der Waals surface area (Å²) in [6, 6.07) is -1.29. The molecule has 14 heavy (non-hydrogen) atoms. The maximum absolute atomic E-state index is 11.1. The lowest BCUT2D eigenvalue weighted by Gasteiger charge is -2.04. The van der Waals surface area contributed by atoms with E-state index >= 15 is 0 Å². The molecule has 0 heterocycles. The summed E-state index contributed by atoms with van der Waals surface area (Å²) < 4.78 is 0. The molecular formula is C8H11NO5. The molecule has 0 aromatic carbocycles. The standard InChI is InChI=1S/C8H11NO5/c1-4(2-7(11)12)6(10)3-5(9)8(13)14/h2,5H,3,9H2,1H3,(H,11,12)(H,13,14)/b4-2+/t5-/m0/s1. The highest BCUT2D eigenvalue weighted by Crippen LogP contribution is 2.01. The quantitative estimate of drug-likeness (QED) is 0.510. The van der Waals surface area contributed by atoms with Crippen LogP contribution in [0.3, 0.4) is 0 Å². The van der Waals surface area contributed by atoms with Crippen molar-refractivity contribution in [2.24, 2.45) is 5.73 Å². The topological polar surface area (TPSA) is 118 Å². The molecule has 4 N–H and O–H groups in total. The maximum atomic E-state index is 11.1. The van der Waals surface area contributed by atoms with Gasteiger partial charge in [0.2, 0.25) is 0 Å². The van der Waals surface area contributed by atoms with Gasteiger partial charge in [-0.15, -0.1) is 0 Å². The van der Waals surface area contributed by atoms with Crippen molar-refractivity contribution in [2.75, 3.05) is 0 Å². The predicted octanol–water partition coefficient (Wildman–Crippen LogP) is -0.612. The van der Waals surface area contributed by atoms with Crippen molar-refractivity contribution in [3.8, 4) is 0 Å². The van der Waals surface area contributed by atoms with E-state index in [0.29, 0.717) is 0 Å². The Morgan fingerprint density at radius 1 is 1.36 bits per heavy atom. The van der Waals surface area contributed by atoms with E-state index in [2.05, 4.69) is 0 Å². The largest absolute Gasteiger partial charge is 0.480 e. The molecule has 1 atom stereocenters. The molecule has 0 saturated heterocycles. The number of hydrogen-bond donors (Lipinski definition) is 3. The molecule has 0 rings (SSSR count). The number of allylic oxidation sites excluding steroid dienone is 1. The van der Waals surface area contributed by atoms with Crippen LogP contribution >= 0.6 is 0 Å². The molecule has 0 aromatic heterocycles. The van der Waals surface area contributed by atoms with E-state index in [1.165, 1.54) is 6.92 Å². The van der Waals surface area contributed by atoms with Crippen molar-refractivity contribution in [1.29, 1.82) is 0 Å². The molecule has 6 heteroatoms. The van der Waals surface area contributed by atoms with E-state index in [1.807, 2.05) is 0 Å². The molecule has 0 spiro atoms. The smallest absolute Gasteiger partial charge is 0.328 e. The van der Waals surface area contributed by atoms with E-state index in [4.69, 9.17) is 15.9 Å². The summed E-state index contributed by atoms with van der Waals surface area (Å²) in [5.74, 6) is -3.12. The summed E-state index contributed by atoms with van der Waals surface area (Å²) in [5.41, 5.74) is 5.07. The molecule has 0 saturated carbocycles. The van der Waals surface area contributed by atoms with Crippen LogP contribution in [0.1, 0.15) is 13.3 Å². The highest BCUT2D eigenvalue weighted by Gasteiger charge is 2.17. The number of rotatable bonds is 5. The van der Waals surface area contributed by atoms with Gasteiger partial charge in [0.1, 0.15) is 6.04 Å². The Bertz CT molecular complexity index is 294. The van der Waals surface area contributed by atoms with E-state index in [-0.39, 0.29) is 5.57 Å². The van der Waals surface area contributed by atoms with Crippen LogP contribution in [0.2, 0.25) is 0 Å². The minimum Gasteiger partial charge on any atom is -0.480 e. The van der Waals surface area contributed by atoms with Gasteiger partial charge in [-0.1, -0.05) is 0 Å². The monoisotopic (exact) mass is 201 g/mol. The Kier molecular flexibility index (Phi) is 4.51. The number of carbonyl (C=O) groups is 3. The summed E-state index contributed by atoms with van der Waals surface area (Å²) in [5, 5.41) is 16.7. The highest BCUT2D eigenvalue weighted by molar-refractivity contribution is 6.01. The summed E-state index contributed by atoms with van der Waals surface area (Å²) in [6.07, 6.45) is 0.321. The first-order valence-electron chi connectivity index (χ1n) is 3.77. The molecule has 0 fully saturated rings. The fourth-order valence-electron chi connectivity index (χ4n) is 0.714. The Morgan fingerprint density at radius 2 is 1.86 bits per heavy atom. The van der Waals surface area contributed by atoms with Crippen molar-refractivity contribution >= 4 is 17.7 Å². The second-order valence-corrected chi connectivity index (χ2v) is 2.74. The fraction of sp³-hybridized carbons (Fsp3) is 0.375. The zero-order valence-corrected chi connectivity index (χ0v) is 7.56. The van der Waals surface area contributed by atoms with E-state index in [9.17, 15) is 14.4 Å². The fourth-order valence-corrected chi connectivity index (χ4v) is 0.714. The number of Topliss-reactive ketones (excluding diaryl/α,β-unsaturated/α-hetero) is 1. The lowest BCUT2D eigenvalue weighted by atomic mass is 10.1. The molecule has 0 bridgehead atoms. The first kappa shape index (κ1) is 12.3. The Morgan fingerprint density at radius 3 is 2.21 bits per heavy atom. The molecule has 0 unspecified atom stereocenters. The Labute approximate surface area is 80.0 Å². The van der Waals surface area contributed by atoms with Crippen molar-refractivity contribution in [3.63, 3.8) is 0 Å². The molecule has 6 nitrogen and oxygen atoms in total. The Balaban J connectivity index is 4.36. The second-order valence-electron chi connectivity index (χ2n) is 2.74. The van der Waals surface area contributed by atoms with Crippen LogP contribution in [0.5, 0.6) is 0 Å². The van der Waals surface area contributed by atoms with Crippen LogP contribution in [0.15, 0.2) is 11.6 Å². The lowest BCUT2D eigenvalue weighted by Crippen LogP contribution is -2.32. The van der Waals surface area contributed by atoms with Crippen molar-refractivity contribution in [1.82, 2.24) is 0 Å². The average molecular weight is 201 g/mol. The van der Waals surface area contributed by atoms with Crippen LogP contribution in [0, 0.1) is 0 Å². The molecule has 0 aliphatic carbocycles. The first-order chi connectivity index (χ1) is 6.34. The van der Waals surface area contributed by atoms with Crippen molar-refractivity contribution in [3.05, 3.63) is 11.6 Å². The molecule has 0 aliphatic heterocycles. The van der Waals surface area contributed by atoms with Crippen LogP contribution < -0.4 is 5.73 Å². The van der Waals surface area contributed by atoms with Gasteiger partial charge in [-0.2, -0.15) is 0 Å². The summed E-state index contributed by atoms with van der Waals surface area (Å²) in [4.78, 5) is 31.5. The SMILES string of the molecule is C/C(=C\C(=O)O)C(=O)C[C@H](N)C(=O)O. The van der Waals surface area contributed by atoms with Crippen LogP contribution in [0.4, 0.5) is 0 Å². The van der Waals surface area contributed by atoms with Crippen molar-refractivity contribution < 1.29 is 24.6 Å². The Hall–Kier alpha value is -1.69. The molecule has 0 amide bonds. The van der Waals surface area contributed by atoms with Gasteiger partial charge >= 0.3 is 11.9 Å². The maximum Gasteiger partial charge on any atom is 0.328 e. The lowest BCUT2D eigenvalue weighted by molar-refractivity contribution is -0.139. The summed E-state index contributed by atoms with van der Waals surface area (Å²) >= 11 is 0. The third-order valence-corrected chi connectivity index (χ3v) is 1.50.